The van der Waals surface area contributed by atoms with E-state index >= 15 is 0 Å². The summed E-state index contributed by atoms with van der Waals surface area (Å²) in [5, 5.41) is 9.68. The fourth-order valence-corrected chi connectivity index (χ4v) is 1.81. The first-order chi connectivity index (χ1) is 7.80. The standard InChI is InChI=1S/C12H14N2O3/c1-12(2,3)14-10(16)8-6-7(15)4-5-9(8)13-11(14)17/h4-6,15H,1-3H3,(H,13,17). The van der Waals surface area contributed by atoms with Gasteiger partial charge in [0.15, 0.2) is 0 Å². The topological polar surface area (TPSA) is 75.1 Å². The van der Waals surface area contributed by atoms with Crippen molar-refractivity contribution in [1.82, 2.24) is 9.55 Å². The van der Waals surface area contributed by atoms with E-state index in [-0.39, 0.29) is 5.75 Å². The van der Waals surface area contributed by atoms with Crippen molar-refractivity contribution in [3.8, 4) is 5.75 Å². The summed E-state index contributed by atoms with van der Waals surface area (Å²) in [5.41, 5.74) is -1.02. The maximum atomic E-state index is 12.2. The highest BCUT2D eigenvalue weighted by Gasteiger charge is 2.19. The van der Waals surface area contributed by atoms with Gasteiger partial charge in [-0.2, -0.15) is 0 Å². The number of hydrogen-bond acceptors (Lipinski definition) is 3. The number of H-pyrrole nitrogens is 1. The highest BCUT2D eigenvalue weighted by atomic mass is 16.3. The number of rotatable bonds is 0. The maximum absolute atomic E-state index is 12.2. The molecule has 1 heterocycles. The van der Waals surface area contributed by atoms with E-state index in [4.69, 9.17) is 0 Å². The van der Waals surface area contributed by atoms with Crippen LogP contribution in [0.1, 0.15) is 20.8 Å². The van der Waals surface area contributed by atoms with E-state index in [0.717, 1.165) is 4.57 Å². The average Bonchev–Trinajstić information content (AvgIpc) is 2.17. The minimum absolute atomic E-state index is 0.00195. The summed E-state index contributed by atoms with van der Waals surface area (Å²) in [6.07, 6.45) is 0. The van der Waals surface area contributed by atoms with Crippen LogP contribution in [0.25, 0.3) is 10.9 Å². The summed E-state index contributed by atoms with van der Waals surface area (Å²) in [4.78, 5) is 26.6. The molecule has 17 heavy (non-hydrogen) atoms. The molecule has 2 N–H and O–H groups in total. The van der Waals surface area contributed by atoms with Crippen LogP contribution in [0.15, 0.2) is 27.8 Å². The first-order valence-electron chi connectivity index (χ1n) is 5.29. The van der Waals surface area contributed by atoms with Crippen LogP contribution in [0.4, 0.5) is 0 Å². The van der Waals surface area contributed by atoms with Gasteiger partial charge in [0, 0.05) is 5.54 Å². The molecule has 0 aliphatic heterocycles. The van der Waals surface area contributed by atoms with E-state index in [1.807, 2.05) is 0 Å². The zero-order valence-corrected chi connectivity index (χ0v) is 9.94. The van der Waals surface area contributed by atoms with Gasteiger partial charge in [-0.05, 0) is 39.0 Å². The van der Waals surface area contributed by atoms with E-state index in [1.54, 1.807) is 20.8 Å². The van der Waals surface area contributed by atoms with E-state index in [2.05, 4.69) is 4.98 Å². The molecule has 1 aromatic heterocycles. The number of aromatic amines is 1. The Balaban J connectivity index is 2.99. The molecule has 0 saturated carbocycles. The first-order valence-corrected chi connectivity index (χ1v) is 5.29. The normalized spacial score (nSPS) is 11.9. The van der Waals surface area contributed by atoms with Gasteiger partial charge < -0.3 is 10.1 Å². The Morgan fingerprint density at radius 3 is 2.47 bits per heavy atom. The predicted octanol–water partition coefficient (Wildman–Crippen LogP) is 1.15. The zero-order valence-electron chi connectivity index (χ0n) is 9.94. The number of hydrogen-bond donors (Lipinski definition) is 2. The molecular formula is C12H14N2O3. The van der Waals surface area contributed by atoms with Crippen molar-refractivity contribution in [2.24, 2.45) is 0 Å². The number of nitrogens with zero attached hydrogens (tertiary/aromatic N) is 1. The Bertz CT molecular complexity index is 689. The number of phenols is 1. The molecule has 2 rings (SSSR count). The van der Waals surface area contributed by atoms with Crippen LogP contribution >= 0.6 is 0 Å². The number of phenolic OH excluding ortho intramolecular Hbond substituents is 1. The van der Waals surface area contributed by atoms with Gasteiger partial charge in [0.1, 0.15) is 5.75 Å². The van der Waals surface area contributed by atoms with Crippen molar-refractivity contribution in [2.75, 3.05) is 0 Å². The average molecular weight is 234 g/mol. The number of benzene rings is 1. The smallest absolute Gasteiger partial charge is 0.329 e. The Hall–Kier alpha value is -2.04. The lowest BCUT2D eigenvalue weighted by Gasteiger charge is -2.21. The molecule has 0 amide bonds. The van der Waals surface area contributed by atoms with Crippen molar-refractivity contribution < 1.29 is 5.11 Å². The van der Waals surface area contributed by atoms with Crippen LogP contribution in [-0.2, 0) is 5.54 Å². The molecule has 2 aromatic rings. The fraction of sp³-hybridized carbons (Fsp3) is 0.333. The lowest BCUT2D eigenvalue weighted by atomic mass is 10.1. The highest BCUT2D eigenvalue weighted by molar-refractivity contribution is 5.78. The first kappa shape index (κ1) is 11.4. The molecule has 0 atom stereocenters. The van der Waals surface area contributed by atoms with Crippen LogP contribution in [-0.4, -0.2) is 14.7 Å². The molecule has 0 bridgehead atoms. The van der Waals surface area contributed by atoms with Gasteiger partial charge in [-0.15, -0.1) is 0 Å². The number of aromatic hydroxyl groups is 1. The van der Waals surface area contributed by atoms with Crippen LogP contribution in [0.5, 0.6) is 5.75 Å². The molecular weight excluding hydrogens is 220 g/mol. The molecule has 5 heteroatoms. The molecule has 0 saturated heterocycles. The summed E-state index contributed by atoms with van der Waals surface area (Å²) < 4.78 is 1.15. The van der Waals surface area contributed by atoms with E-state index in [1.165, 1.54) is 18.2 Å². The van der Waals surface area contributed by atoms with Crippen LogP contribution in [0.2, 0.25) is 0 Å². The van der Waals surface area contributed by atoms with Crippen molar-refractivity contribution in [3.05, 3.63) is 39.0 Å². The van der Waals surface area contributed by atoms with E-state index in [0.29, 0.717) is 10.9 Å². The Morgan fingerprint density at radius 2 is 1.88 bits per heavy atom. The lowest BCUT2D eigenvalue weighted by molar-refractivity contribution is 0.369. The van der Waals surface area contributed by atoms with Crippen molar-refractivity contribution >= 4 is 10.9 Å². The van der Waals surface area contributed by atoms with Crippen molar-refractivity contribution in [1.29, 1.82) is 0 Å². The minimum atomic E-state index is -0.607. The van der Waals surface area contributed by atoms with Gasteiger partial charge in [-0.1, -0.05) is 0 Å². The number of aromatic nitrogens is 2. The monoisotopic (exact) mass is 234 g/mol. The lowest BCUT2D eigenvalue weighted by Crippen LogP contribution is -2.44. The predicted molar refractivity (Wildman–Crippen MR) is 65.5 cm³/mol. The molecule has 90 valence electrons. The third-order valence-corrected chi connectivity index (χ3v) is 2.55. The summed E-state index contributed by atoms with van der Waals surface area (Å²) in [5.74, 6) is 0.00195. The third kappa shape index (κ3) is 1.84. The summed E-state index contributed by atoms with van der Waals surface area (Å²) in [6, 6.07) is 4.30. The largest absolute Gasteiger partial charge is 0.508 e. The molecule has 5 nitrogen and oxygen atoms in total. The number of nitrogens with one attached hydrogen (secondary N) is 1. The summed E-state index contributed by atoms with van der Waals surface area (Å²) >= 11 is 0. The van der Waals surface area contributed by atoms with E-state index < -0.39 is 16.8 Å². The molecule has 1 aromatic carbocycles. The second-order valence-corrected chi connectivity index (χ2v) is 4.97. The maximum Gasteiger partial charge on any atom is 0.329 e. The van der Waals surface area contributed by atoms with Gasteiger partial charge in [0.2, 0.25) is 0 Å². The highest BCUT2D eigenvalue weighted by Crippen LogP contribution is 2.15. The fourth-order valence-electron chi connectivity index (χ4n) is 1.81. The van der Waals surface area contributed by atoms with Gasteiger partial charge in [-0.3, -0.25) is 9.36 Å². The van der Waals surface area contributed by atoms with Crippen LogP contribution in [0, 0.1) is 0 Å². The molecule has 0 aliphatic rings. The summed E-state index contributed by atoms with van der Waals surface area (Å²) in [7, 11) is 0. The Labute approximate surface area is 97.3 Å². The SMILES string of the molecule is CC(C)(C)n1c(=O)[nH]c2ccc(O)cc2c1=O. The summed E-state index contributed by atoms with van der Waals surface area (Å²) in [6.45, 7) is 5.33. The minimum Gasteiger partial charge on any atom is -0.508 e. The van der Waals surface area contributed by atoms with E-state index in [9.17, 15) is 14.7 Å². The van der Waals surface area contributed by atoms with Gasteiger partial charge >= 0.3 is 5.69 Å². The molecule has 0 aliphatic carbocycles. The Morgan fingerprint density at radius 1 is 1.24 bits per heavy atom. The second kappa shape index (κ2) is 3.48. The molecule has 0 fully saturated rings. The van der Waals surface area contributed by atoms with Crippen LogP contribution < -0.4 is 11.2 Å². The van der Waals surface area contributed by atoms with Crippen LogP contribution in [0.3, 0.4) is 0 Å². The van der Waals surface area contributed by atoms with Crippen molar-refractivity contribution in [2.45, 2.75) is 26.3 Å². The molecule has 0 spiro atoms. The third-order valence-electron chi connectivity index (χ3n) is 2.55. The Kier molecular flexibility index (Phi) is 2.34. The van der Waals surface area contributed by atoms with Gasteiger partial charge in [0.05, 0.1) is 10.9 Å². The van der Waals surface area contributed by atoms with Gasteiger partial charge in [-0.25, -0.2) is 4.79 Å². The number of fused-ring (bicyclic) bond motifs is 1. The second-order valence-electron chi connectivity index (χ2n) is 4.97. The molecule has 0 radical (unpaired) electrons. The zero-order chi connectivity index (χ0) is 12.8. The van der Waals surface area contributed by atoms with Gasteiger partial charge in [0.25, 0.3) is 5.56 Å². The molecule has 0 unspecified atom stereocenters. The van der Waals surface area contributed by atoms with Crippen molar-refractivity contribution in [3.63, 3.8) is 0 Å². The quantitative estimate of drug-likeness (QED) is 0.718.